The standard InChI is InChI=1S/C28H34F3N5O3/c1-20-18-35(24-7-8-26(23(15-24)16-32)39-28(29,30)31)13-14-36(20)27(38)33-17-25(37)22-9-11-34(12-10-22)19-21-5-3-2-4-6-21/h2-8,15,20,22,25,37H,9-14,17-19H2,1H3,(H,33,38)/t20-,25+/m1/s1. The Morgan fingerprint density at radius 3 is 2.51 bits per heavy atom. The molecule has 2 N–H and O–H groups in total. The molecule has 39 heavy (non-hydrogen) atoms. The molecule has 4 rings (SSSR count). The smallest absolute Gasteiger partial charge is 0.404 e. The maximum Gasteiger partial charge on any atom is 0.573 e. The molecule has 2 amide bonds. The Kier molecular flexibility index (Phi) is 9.20. The molecule has 0 saturated carbocycles. The lowest BCUT2D eigenvalue weighted by molar-refractivity contribution is -0.274. The SMILES string of the molecule is C[C@@H]1CN(c2ccc(OC(F)(F)F)c(C#N)c2)CCN1C(=O)NC[C@H](O)C1CCN(Cc2ccccc2)CC1. The fourth-order valence-electron chi connectivity index (χ4n) is 5.31. The van der Waals surface area contributed by atoms with Gasteiger partial charge >= 0.3 is 12.4 Å². The van der Waals surface area contributed by atoms with Crippen molar-refractivity contribution < 1.29 is 27.8 Å². The van der Waals surface area contributed by atoms with Crippen LogP contribution in [0.25, 0.3) is 0 Å². The van der Waals surface area contributed by atoms with Gasteiger partial charge in [-0.25, -0.2) is 4.79 Å². The molecule has 2 aromatic carbocycles. The van der Waals surface area contributed by atoms with Crippen LogP contribution in [0.15, 0.2) is 48.5 Å². The Bertz CT molecular complexity index is 1150. The number of anilines is 1. The van der Waals surface area contributed by atoms with Crippen LogP contribution in [0.5, 0.6) is 5.75 Å². The summed E-state index contributed by atoms with van der Waals surface area (Å²) in [5, 5.41) is 22.9. The number of aliphatic hydroxyl groups is 1. The number of amides is 2. The van der Waals surface area contributed by atoms with E-state index in [1.165, 1.54) is 17.7 Å². The highest BCUT2D eigenvalue weighted by atomic mass is 19.4. The summed E-state index contributed by atoms with van der Waals surface area (Å²) < 4.78 is 41.7. The van der Waals surface area contributed by atoms with Gasteiger partial charge in [0.2, 0.25) is 0 Å². The molecule has 2 saturated heterocycles. The van der Waals surface area contributed by atoms with Crippen molar-refractivity contribution in [3.8, 4) is 11.8 Å². The number of carbonyl (C=O) groups excluding carboxylic acids is 1. The number of nitrogens with zero attached hydrogens (tertiary/aromatic N) is 4. The van der Waals surface area contributed by atoms with Gasteiger partial charge in [0.25, 0.3) is 0 Å². The van der Waals surface area contributed by atoms with Crippen LogP contribution in [0.3, 0.4) is 0 Å². The number of hydrogen-bond acceptors (Lipinski definition) is 6. The van der Waals surface area contributed by atoms with Crippen molar-refractivity contribution in [1.82, 2.24) is 15.1 Å². The van der Waals surface area contributed by atoms with E-state index in [-0.39, 0.29) is 30.1 Å². The highest BCUT2D eigenvalue weighted by molar-refractivity contribution is 5.75. The number of halogens is 3. The number of likely N-dealkylation sites (tertiary alicyclic amines) is 1. The number of nitrogens with one attached hydrogen (secondary N) is 1. The molecule has 0 aromatic heterocycles. The maximum absolute atomic E-state index is 12.9. The number of piperidine rings is 1. The Morgan fingerprint density at radius 1 is 1.15 bits per heavy atom. The minimum atomic E-state index is -4.88. The molecule has 2 aliphatic heterocycles. The average molecular weight is 546 g/mol. The zero-order valence-electron chi connectivity index (χ0n) is 21.9. The Labute approximate surface area is 226 Å². The van der Waals surface area contributed by atoms with Gasteiger partial charge < -0.3 is 25.0 Å². The van der Waals surface area contributed by atoms with Gasteiger partial charge in [0.1, 0.15) is 11.8 Å². The molecule has 0 unspecified atom stereocenters. The van der Waals surface area contributed by atoms with Crippen LogP contribution < -0.4 is 15.0 Å². The van der Waals surface area contributed by atoms with E-state index in [1.807, 2.05) is 30.0 Å². The maximum atomic E-state index is 12.9. The number of benzene rings is 2. The van der Waals surface area contributed by atoms with Crippen molar-refractivity contribution in [2.45, 2.75) is 44.8 Å². The molecule has 0 radical (unpaired) electrons. The van der Waals surface area contributed by atoms with E-state index >= 15 is 0 Å². The summed E-state index contributed by atoms with van der Waals surface area (Å²) in [4.78, 5) is 18.9. The highest BCUT2D eigenvalue weighted by Crippen LogP contribution is 2.30. The van der Waals surface area contributed by atoms with E-state index in [4.69, 9.17) is 0 Å². The van der Waals surface area contributed by atoms with Crippen LogP contribution in [0, 0.1) is 17.2 Å². The summed E-state index contributed by atoms with van der Waals surface area (Å²) in [5.74, 6) is -0.412. The predicted octanol–water partition coefficient (Wildman–Crippen LogP) is 3.95. The van der Waals surface area contributed by atoms with Gasteiger partial charge in [-0.1, -0.05) is 30.3 Å². The molecule has 2 aromatic rings. The number of aliphatic hydroxyl groups excluding tert-OH is 1. The number of alkyl halides is 3. The molecule has 0 bridgehead atoms. The lowest BCUT2D eigenvalue weighted by atomic mass is 9.91. The molecule has 0 aliphatic carbocycles. The second-order valence-corrected chi connectivity index (χ2v) is 10.2. The summed E-state index contributed by atoms with van der Waals surface area (Å²) in [7, 11) is 0. The first-order chi connectivity index (χ1) is 18.6. The first-order valence-corrected chi connectivity index (χ1v) is 13.2. The van der Waals surface area contributed by atoms with Gasteiger partial charge in [0.05, 0.1) is 11.7 Å². The largest absolute Gasteiger partial charge is 0.573 e. The van der Waals surface area contributed by atoms with Crippen LogP contribution in [0.1, 0.15) is 30.9 Å². The van der Waals surface area contributed by atoms with Gasteiger partial charge in [-0.2, -0.15) is 5.26 Å². The van der Waals surface area contributed by atoms with Crippen molar-refractivity contribution in [3.63, 3.8) is 0 Å². The number of rotatable bonds is 7. The average Bonchev–Trinajstić information content (AvgIpc) is 2.92. The van der Waals surface area contributed by atoms with Crippen LogP contribution in [0.2, 0.25) is 0 Å². The zero-order chi connectivity index (χ0) is 28.0. The molecule has 2 fully saturated rings. The molecule has 8 nitrogen and oxygen atoms in total. The molecular formula is C28H34F3N5O3. The van der Waals surface area contributed by atoms with Crippen molar-refractivity contribution in [2.24, 2.45) is 5.92 Å². The van der Waals surface area contributed by atoms with E-state index in [9.17, 15) is 28.3 Å². The number of hydrogen-bond donors (Lipinski definition) is 2. The molecule has 2 atom stereocenters. The predicted molar refractivity (Wildman–Crippen MR) is 140 cm³/mol. The third-order valence-electron chi connectivity index (χ3n) is 7.45. The van der Waals surface area contributed by atoms with E-state index in [2.05, 4.69) is 27.1 Å². The molecule has 2 heterocycles. The Hall–Kier alpha value is -3.49. The highest BCUT2D eigenvalue weighted by Gasteiger charge is 2.33. The van der Waals surface area contributed by atoms with E-state index in [0.717, 1.165) is 38.5 Å². The van der Waals surface area contributed by atoms with Gasteiger partial charge in [-0.3, -0.25) is 4.90 Å². The summed E-state index contributed by atoms with van der Waals surface area (Å²) in [6, 6.07) is 15.6. The van der Waals surface area contributed by atoms with Crippen molar-refractivity contribution >= 4 is 11.7 Å². The summed E-state index contributed by atoms with van der Waals surface area (Å²) in [6.07, 6.45) is -3.76. The minimum absolute atomic E-state index is 0.130. The third-order valence-corrected chi connectivity index (χ3v) is 7.45. The van der Waals surface area contributed by atoms with Crippen molar-refractivity contribution in [1.29, 1.82) is 5.26 Å². The molecular weight excluding hydrogens is 511 g/mol. The van der Waals surface area contributed by atoms with E-state index in [0.29, 0.717) is 25.3 Å². The molecule has 210 valence electrons. The topological polar surface area (TPSA) is 92.1 Å². The summed E-state index contributed by atoms with van der Waals surface area (Å²) in [5.41, 5.74) is 1.65. The monoisotopic (exact) mass is 545 g/mol. The van der Waals surface area contributed by atoms with Gasteiger partial charge in [0, 0.05) is 44.5 Å². The van der Waals surface area contributed by atoms with Gasteiger partial charge in [0.15, 0.2) is 0 Å². The number of ether oxygens (including phenoxy) is 1. The lowest BCUT2D eigenvalue weighted by Gasteiger charge is -2.41. The van der Waals surface area contributed by atoms with Gasteiger partial charge in [-0.05, 0) is 62.5 Å². The van der Waals surface area contributed by atoms with Crippen molar-refractivity contribution in [3.05, 3.63) is 59.7 Å². The van der Waals surface area contributed by atoms with Crippen molar-refractivity contribution in [2.75, 3.05) is 44.2 Å². The van der Waals surface area contributed by atoms with Crippen LogP contribution in [0.4, 0.5) is 23.7 Å². The lowest BCUT2D eigenvalue weighted by Crippen LogP contribution is -2.57. The number of urea groups is 1. The summed E-state index contributed by atoms with van der Waals surface area (Å²) >= 11 is 0. The zero-order valence-corrected chi connectivity index (χ0v) is 21.9. The number of piperazine rings is 1. The van der Waals surface area contributed by atoms with E-state index < -0.39 is 18.2 Å². The molecule has 0 spiro atoms. The second kappa shape index (κ2) is 12.6. The Balaban J connectivity index is 1.23. The second-order valence-electron chi connectivity index (χ2n) is 10.2. The van der Waals surface area contributed by atoms with Gasteiger partial charge in [-0.15, -0.1) is 13.2 Å². The van der Waals surface area contributed by atoms with E-state index in [1.54, 1.807) is 11.0 Å². The molecule has 11 heteroatoms. The third kappa shape index (κ3) is 7.77. The van der Waals surface area contributed by atoms with Crippen LogP contribution in [-0.2, 0) is 6.54 Å². The fourth-order valence-corrected chi connectivity index (χ4v) is 5.31. The number of nitriles is 1. The number of carbonyl (C=O) groups is 1. The fraction of sp³-hybridized carbons (Fsp3) is 0.500. The normalized spacial score (nSPS) is 19.8. The van der Waals surface area contributed by atoms with Crippen LogP contribution >= 0.6 is 0 Å². The summed E-state index contributed by atoms with van der Waals surface area (Å²) in [6.45, 7) is 6.06. The Morgan fingerprint density at radius 2 is 1.87 bits per heavy atom. The first-order valence-electron chi connectivity index (χ1n) is 13.2. The minimum Gasteiger partial charge on any atom is -0.404 e. The first kappa shape index (κ1) is 28.5. The quantitative estimate of drug-likeness (QED) is 0.548. The van der Waals surface area contributed by atoms with Crippen LogP contribution in [-0.4, -0.2) is 78.7 Å². The molecule has 2 aliphatic rings.